The third-order valence-electron chi connectivity index (χ3n) is 2.84. The van der Waals surface area contributed by atoms with Gasteiger partial charge in [0.2, 0.25) is 0 Å². The van der Waals surface area contributed by atoms with E-state index in [1.54, 1.807) is 30.6 Å². The van der Waals surface area contributed by atoms with Crippen LogP contribution >= 0.6 is 23.2 Å². The fraction of sp³-hybridized carbons (Fsp3) is 0.250. The number of hydrogen-bond acceptors (Lipinski definition) is 4. The molecule has 6 heteroatoms. The zero-order valence-electron chi connectivity index (χ0n) is 11.8. The highest BCUT2D eigenvalue weighted by Gasteiger charge is 2.07. The summed E-state index contributed by atoms with van der Waals surface area (Å²) in [6.45, 7) is 0.152. The minimum Gasteiger partial charge on any atom is -0.480 e. The molecule has 2 aromatic rings. The Labute approximate surface area is 139 Å². The highest BCUT2D eigenvalue weighted by Crippen LogP contribution is 2.27. The quantitative estimate of drug-likeness (QED) is 0.566. The van der Waals surface area contributed by atoms with Crippen LogP contribution in [0.2, 0.25) is 10.0 Å². The number of carbonyl (C=O) groups excluding carboxylic acids is 1. The van der Waals surface area contributed by atoms with Gasteiger partial charge < -0.3 is 9.47 Å². The summed E-state index contributed by atoms with van der Waals surface area (Å²) in [5, 5.41) is 0.868. The van der Waals surface area contributed by atoms with Gasteiger partial charge in [-0.25, -0.2) is 4.79 Å². The minimum absolute atomic E-state index is 0.186. The Bertz CT molecular complexity index is 620. The number of benzene rings is 1. The van der Waals surface area contributed by atoms with Crippen LogP contribution in [0.25, 0.3) is 0 Å². The maximum absolute atomic E-state index is 11.6. The van der Waals surface area contributed by atoms with Crippen molar-refractivity contribution in [3.05, 3.63) is 58.3 Å². The molecule has 0 bridgehead atoms. The van der Waals surface area contributed by atoms with Crippen LogP contribution in [0.4, 0.5) is 0 Å². The third-order valence-corrected chi connectivity index (χ3v) is 3.37. The second-order valence-electron chi connectivity index (χ2n) is 4.55. The summed E-state index contributed by atoms with van der Waals surface area (Å²) in [5.74, 6) is -0.0319. The molecule has 2 rings (SSSR count). The molecule has 4 nitrogen and oxygen atoms in total. The molecule has 1 heterocycles. The summed E-state index contributed by atoms with van der Waals surface area (Å²) in [6.07, 6.45) is 5.07. The van der Waals surface area contributed by atoms with E-state index in [2.05, 4.69) is 4.98 Å². The monoisotopic (exact) mass is 339 g/mol. The van der Waals surface area contributed by atoms with Gasteiger partial charge in [-0.2, -0.15) is 0 Å². The highest BCUT2D eigenvalue weighted by atomic mass is 35.5. The Kier molecular flexibility index (Phi) is 6.49. The molecule has 0 N–H and O–H groups in total. The van der Waals surface area contributed by atoms with Crippen LogP contribution in [-0.4, -0.2) is 24.2 Å². The van der Waals surface area contributed by atoms with Crippen LogP contribution in [0.1, 0.15) is 12.0 Å². The van der Waals surface area contributed by atoms with Gasteiger partial charge in [0.25, 0.3) is 0 Å². The molecule has 116 valence electrons. The smallest absolute Gasteiger partial charge is 0.344 e. The zero-order valence-corrected chi connectivity index (χ0v) is 13.3. The number of esters is 1. The SMILES string of the molecule is O=C(COc1ccc(Cl)cc1Cl)OCCCc1cccnc1. The minimum atomic E-state index is -0.433. The number of aryl methyl sites for hydroxylation is 1. The van der Waals surface area contributed by atoms with Crippen molar-refractivity contribution >= 4 is 29.2 Å². The van der Waals surface area contributed by atoms with Crippen LogP contribution in [0.15, 0.2) is 42.7 Å². The van der Waals surface area contributed by atoms with Crippen molar-refractivity contribution in [1.29, 1.82) is 0 Å². The fourth-order valence-electron chi connectivity index (χ4n) is 1.78. The van der Waals surface area contributed by atoms with Gasteiger partial charge in [0.1, 0.15) is 5.75 Å². The molecule has 0 unspecified atom stereocenters. The molecule has 0 amide bonds. The molecule has 22 heavy (non-hydrogen) atoms. The Hall–Kier alpha value is -1.78. The van der Waals surface area contributed by atoms with Gasteiger partial charge in [-0.05, 0) is 42.7 Å². The Morgan fingerprint density at radius 3 is 2.82 bits per heavy atom. The summed E-state index contributed by atoms with van der Waals surface area (Å²) < 4.78 is 10.4. The van der Waals surface area contributed by atoms with Crippen LogP contribution in [0.5, 0.6) is 5.75 Å². The number of ether oxygens (including phenoxy) is 2. The molecule has 0 radical (unpaired) electrons. The largest absolute Gasteiger partial charge is 0.480 e. The molecule has 0 aliphatic carbocycles. The first-order valence-electron chi connectivity index (χ1n) is 6.77. The van der Waals surface area contributed by atoms with Gasteiger partial charge in [-0.3, -0.25) is 4.98 Å². The molecular formula is C16H15Cl2NO3. The predicted octanol–water partition coefficient (Wildman–Crippen LogP) is 3.94. The topological polar surface area (TPSA) is 48.4 Å². The van der Waals surface area contributed by atoms with Crippen molar-refractivity contribution in [3.63, 3.8) is 0 Å². The van der Waals surface area contributed by atoms with E-state index in [1.807, 2.05) is 12.1 Å². The zero-order chi connectivity index (χ0) is 15.8. The van der Waals surface area contributed by atoms with Gasteiger partial charge in [0, 0.05) is 17.4 Å². The van der Waals surface area contributed by atoms with Crippen LogP contribution in [0.3, 0.4) is 0 Å². The Balaban J connectivity index is 1.65. The van der Waals surface area contributed by atoms with E-state index < -0.39 is 5.97 Å². The van der Waals surface area contributed by atoms with Crippen LogP contribution < -0.4 is 4.74 Å². The van der Waals surface area contributed by atoms with Gasteiger partial charge in [-0.1, -0.05) is 29.3 Å². The average Bonchev–Trinajstić information content (AvgIpc) is 2.52. The lowest BCUT2D eigenvalue weighted by Gasteiger charge is -2.08. The first-order chi connectivity index (χ1) is 10.6. The lowest BCUT2D eigenvalue weighted by Crippen LogP contribution is -2.15. The van der Waals surface area contributed by atoms with E-state index in [-0.39, 0.29) is 6.61 Å². The van der Waals surface area contributed by atoms with E-state index in [4.69, 9.17) is 32.7 Å². The van der Waals surface area contributed by atoms with Crippen molar-refractivity contribution in [2.24, 2.45) is 0 Å². The van der Waals surface area contributed by atoms with E-state index >= 15 is 0 Å². The van der Waals surface area contributed by atoms with Gasteiger partial charge in [0.05, 0.1) is 11.6 Å². The number of nitrogens with zero attached hydrogens (tertiary/aromatic N) is 1. The van der Waals surface area contributed by atoms with Gasteiger partial charge in [-0.15, -0.1) is 0 Å². The maximum atomic E-state index is 11.6. The normalized spacial score (nSPS) is 10.3. The predicted molar refractivity (Wildman–Crippen MR) is 85.5 cm³/mol. The molecule has 0 saturated heterocycles. The summed E-state index contributed by atoms with van der Waals surface area (Å²) >= 11 is 11.7. The van der Waals surface area contributed by atoms with Gasteiger partial charge in [0.15, 0.2) is 6.61 Å². The van der Waals surface area contributed by atoms with Crippen LogP contribution in [-0.2, 0) is 16.0 Å². The molecule has 0 fully saturated rings. The Morgan fingerprint density at radius 1 is 1.23 bits per heavy atom. The molecule has 0 aliphatic heterocycles. The Morgan fingerprint density at radius 2 is 2.09 bits per heavy atom. The molecule has 0 spiro atoms. The fourth-order valence-corrected chi connectivity index (χ4v) is 2.24. The molecule has 1 aromatic heterocycles. The van der Waals surface area contributed by atoms with E-state index in [0.717, 1.165) is 18.4 Å². The van der Waals surface area contributed by atoms with Crippen molar-refractivity contribution in [2.45, 2.75) is 12.8 Å². The maximum Gasteiger partial charge on any atom is 0.344 e. The van der Waals surface area contributed by atoms with E-state index in [9.17, 15) is 4.79 Å². The summed E-state index contributed by atoms with van der Waals surface area (Å²) in [4.78, 5) is 15.6. The van der Waals surface area contributed by atoms with Crippen molar-refractivity contribution in [2.75, 3.05) is 13.2 Å². The number of rotatable bonds is 7. The number of aromatic nitrogens is 1. The number of halogens is 2. The van der Waals surface area contributed by atoms with Crippen molar-refractivity contribution in [3.8, 4) is 5.75 Å². The van der Waals surface area contributed by atoms with Crippen LogP contribution in [0, 0.1) is 0 Å². The number of pyridine rings is 1. The van der Waals surface area contributed by atoms with E-state index in [0.29, 0.717) is 22.4 Å². The highest BCUT2D eigenvalue weighted by molar-refractivity contribution is 6.35. The molecule has 0 aliphatic rings. The third kappa shape index (κ3) is 5.54. The van der Waals surface area contributed by atoms with E-state index in [1.165, 1.54) is 0 Å². The molecular weight excluding hydrogens is 325 g/mol. The molecule has 1 aromatic carbocycles. The summed E-state index contributed by atoms with van der Waals surface area (Å²) in [7, 11) is 0. The van der Waals surface area contributed by atoms with Crippen molar-refractivity contribution < 1.29 is 14.3 Å². The van der Waals surface area contributed by atoms with Gasteiger partial charge >= 0.3 is 5.97 Å². The standard InChI is InChI=1S/C16H15Cl2NO3/c17-13-5-6-15(14(18)9-13)22-11-16(20)21-8-2-4-12-3-1-7-19-10-12/h1,3,5-7,9-10H,2,4,8,11H2. The average molecular weight is 340 g/mol. The molecule has 0 saturated carbocycles. The molecule has 0 atom stereocenters. The summed E-state index contributed by atoms with van der Waals surface area (Å²) in [5.41, 5.74) is 1.11. The second kappa shape index (κ2) is 8.61. The van der Waals surface area contributed by atoms with Crippen molar-refractivity contribution in [1.82, 2.24) is 4.98 Å². The second-order valence-corrected chi connectivity index (χ2v) is 5.39. The lowest BCUT2D eigenvalue weighted by molar-refractivity contribution is -0.146. The first kappa shape index (κ1) is 16.6. The first-order valence-corrected chi connectivity index (χ1v) is 7.53. The lowest BCUT2D eigenvalue weighted by atomic mass is 10.2. The number of hydrogen-bond donors (Lipinski definition) is 0. The number of carbonyl (C=O) groups is 1. The summed E-state index contributed by atoms with van der Waals surface area (Å²) in [6, 6.07) is 8.67.